The number of benzene rings is 2. The Morgan fingerprint density at radius 2 is 1.69 bits per heavy atom. The van der Waals surface area contributed by atoms with Crippen LogP contribution in [0.4, 0.5) is 0 Å². The van der Waals surface area contributed by atoms with Crippen molar-refractivity contribution in [3.05, 3.63) is 77.4 Å². The van der Waals surface area contributed by atoms with Gasteiger partial charge in [-0.15, -0.1) is 0 Å². The number of fused-ring (bicyclic) bond motifs is 1. The topological polar surface area (TPSA) is 46.5 Å². The molecule has 0 aromatic heterocycles. The molecule has 1 aliphatic heterocycles. The average molecular weight is 389 g/mol. The molecule has 4 unspecified atom stereocenters. The summed E-state index contributed by atoms with van der Waals surface area (Å²) in [6, 6.07) is 20.1. The predicted octanol–water partition coefficient (Wildman–Crippen LogP) is 5.46. The van der Waals surface area contributed by atoms with Gasteiger partial charge >= 0.3 is 0 Å². The highest BCUT2D eigenvalue weighted by molar-refractivity contribution is 6.06. The predicted molar refractivity (Wildman–Crippen MR) is 113 cm³/mol. The first-order valence-corrected chi connectivity index (χ1v) is 10.9. The van der Waals surface area contributed by atoms with Crippen LogP contribution >= 0.6 is 0 Å². The van der Waals surface area contributed by atoms with Crippen molar-refractivity contribution in [2.24, 2.45) is 11.3 Å². The average Bonchev–Trinajstić information content (AvgIpc) is 3.05. The number of hydrogen-bond acceptors (Lipinski definition) is 3. The van der Waals surface area contributed by atoms with Crippen LogP contribution in [0.1, 0.15) is 62.2 Å². The first kappa shape index (κ1) is 18.8. The molecule has 2 aromatic rings. The number of carbonyl (C=O) groups is 1. The van der Waals surface area contributed by atoms with Crippen molar-refractivity contribution in [1.29, 1.82) is 0 Å². The number of hydrogen-bond donors (Lipinski definition) is 1. The zero-order valence-corrected chi connectivity index (χ0v) is 16.7. The molecule has 2 saturated carbocycles. The maximum Gasteiger partial charge on any atom is 0.169 e. The number of ketones is 1. The lowest BCUT2D eigenvalue weighted by Crippen LogP contribution is -2.55. The third-order valence-electron chi connectivity index (χ3n) is 7.24. The molecule has 0 radical (unpaired) electrons. The van der Waals surface area contributed by atoms with Crippen LogP contribution in [0.25, 0.3) is 6.08 Å². The number of allylic oxidation sites excluding steroid dienone is 1. The van der Waals surface area contributed by atoms with Crippen molar-refractivity contribution in [3.63, 3.8) is 0 Å². The van der Waals surface area contributed by atoms with Crippen LogP contribution in [0.5, 0.6) is 0 Å². The molecule has 29 heavy (non-hydrogen) atoms. The van der Waals surface area contributed by atoms with Crippen LogP contribution in [0.2, 0.25) is 0 Å². The molecule has 1 saturated heterocycles. The lowest BCUT2D eigenvalue weighted by molar-refractivity contribution is -0.323. The Hall–Kier alpha value is -2.23. The highest BCUT2D eigenvalue weighted by Gasteiger charge is 2.61. The van der Waals surface area contributed by atoms with E-state index in [1.807, 2.05) is 66.7 Å². The van der Waals surface area contributed by atoms with Gasteiger partial charge in [0.15, 0.2) is 11.6 Å². The largest absolute Gasteiger partial charge is 0.365 e. The Bertz CT molecular complexity index is 919. The lowest BCUT2D eigenvalue weighted by atomic mass is 9.63. The van der Waals surface area contributed by atoms with Gasteiger partial charge in [-0.05, 0) is 54.9 Å². The molecule has 1 spiro atoms. The van der Waals surface area contributed by atoms with E-state index < -0.39 is 17.3 Å². The van der Waals surface area contributed by atoms with E-state index in [9.17, 15) is 9.90 Å². The monoisotopic (exact) mass is 388 g/mol. The van der Waals surface area contributed by atoms with Gasteiger partial charge < -0.3 is 9.84 Å². The number of carbonyl (C=O) groups excluding carboxylic acids is 1. The Morgan fingerprint density at radius 1 is 0.966 bits per heavy atom. The number of aliphatic hydroxyl groups is 1. The zero-order chi connectivity index (χ0) is 19.9. The fourth-order valence-electron chi connectivity index (χ4n) is 5.73. The minimum absolute atomic E-state index is 0.0382. The second-order valence-corrected chi connectivity index (χ2v) is 8.97. The molecule has 0 amide bonds. The second kappa shape index (κ2) is 7.23. The Labute approximate surface area is 172 Å². The number of ether oxygens (including phenoxy) is 1. The third kappa shape index (κ3) is 3.17. The Balaban J connectivity index is 1.55. The third-order valence-corrected chi connectivity index (χ3v) is 7.24. The SMILES string of the molecule is O=C1/C(=C/c2ccccc2)CCC12CC1CCCCC1(O)OC2c1ccccc1. The van der Waals surface area contributed by atoms with Gasteiger partial charge in [-0.25, -0.2) is 0 Å². The normalized spacial score (nSPS) is 35.8. The minimum Gasteiger partial charge on any atom is -0.365 e. The van der Waals surface area contributed by atoms with Crippen LogP contribution in [-0.4, -0.2) is 16.7 Å². The van der Waals surface area contributed by atoms with E-state index in [1.165, 1.54) is 0 Å². The molecule has 3 heteroatoms. The molecular weight excluding hydrogens is 360 g/mol. The van der Waals surface area contributed by atoms with Gasteiger partial charge in [0.1, 0.15) is 0 Å². The first-order chi connectivity index (χ1) is 14.1. The number of Topliss-reactive ketones (excluding diaryl/α,β-unsaturated/α-hetero) is 1. The van der Waals surface area contributed by atoms with E-state index in [4.69, 9.17) is 4.74 Å². The standard InChI is InChI=1S/C26H28O3/c27-23-21(17-19-9-3-1-4-10-19)14-16-25(23)18-22-13-7-8-15-26(22,28)29-24(25)20-11-5-2-6-12-20/h1-6,9-12,17,22,24,28H,7-8,13-16,18H2/b21-17+. The van der Waals surface area contributed by atoms with Crippen LogP contribution in [0.15, 0.2) is 66.2 Å². The summed E-state index contributed by atoms with van der Waals surface area (Å²) < 4.78 is 6.48. The van der Waals surface area contributed by atoms with Crippen LogP contribution in [0.3, 0.4) is 0 Å². The van der Waals surface area contributed by atoms with E-state index >= 15 is 0 Å². The summed E-state index contributed by atoms with van der Waals surface area (Å²) >= 11 is 0. The number of rotatable bonds is 2. The second-order valence-electron chi connectivity index (χ2n) is 8.97. The summed E-state index contributed by atoms with van der Waals surface area (Å²) in [6.45, 7) is 0. The molecule has 2 aromatic carbocycles. The highest BCUT2D eigenvalue weighted by atomic mass is 16.6. The lowest BCUT2D eigenvalue weighted by Gasteiger charge is -2.53. The Morgan fingerprint density at radius 3 is 2.45 bits per heavy atom. The summed E-state index contributed by atoms with van der Waals surface area (Å²) in [4.78, 5) is 13.8. The van der Waals surface area contributed by atoms with Gasteiger partial charge in [0.2, 0.25) is 0 Å². The molecule has 1 heterocycles. The zero-order valence-electron chi connectivity index (χ0n) is 16.7. The van der Waals surface area contributed by atoms with E-state index in [0.717, 1.165) is 48.8 Å². The summed E-state index contributed by atoms with van der Waals surface area (Å²) in [7, 11) is 0. The molecule has 2 aliphatic carbocycles. The van der Waals surface area contributed by atoms with Crippen LogP contribution < -0.4 is 0 Å². The highest BCUT2D eigenvalue weighted by Crippen LogP contribution is 2.60. The van der Waals surface area contributed by atoms with Gasteiger partial charge in [0.05, 0.1) is 11.5 Å². The van der Waals surface area contributed by atoms with E-state index in [-0.39, 0.29) is 11.7 Å². The maximum absolute atomic E-state index is 13.8. The molecule has 5 rings (SSSR count). The first-order valence-electron chi connectivity index (χ1n) is 10.9. The van der Waals surface area contributed by atoms with E-state index in [1.54, 1.807) is 0 Å². The molecule has 150 valence electrons. The van der Waals surface area contributed by atoms with Gasteiger partial charge in [0, 0.05) is 12.3 Å². The van der Waals surface area contributed by atoms with Crippen molar-refractivity contribution < 1.29 is 14.6 Å². The molecule has 4 atom stereocenters. The van der Waals surface area contributed by atoms with Crippen LogP contribution in [0, 0.1) is 11.3 Å². The van der Waals surface area contributed by atoms with Gasteiger partial charge in [-0.3, -0.25) is 4.79 Å². The molecule has 3 fully saturated rings. The fourth-order valence-corrected chi connectivity index (χ4v) is 5.73. The molecule has 3 nitrogen and oxygen atoms in total. The van der Waals surface area contributed by atoms with E-state index in [2.05, 4.69) is 0 Å². The van der Waals surface area contributed by atoms with Crippen molar-refractivity contribution in [1.82, 2.24) is 0 Å². The molecule has 0 bridgehead atoms. The summed E-state index contributed by atoms with van der Waals surface area (Å²) in [5.74, 6) is -0.852. The smallest absolute Gasteiger partial charge is 0.169 e. The molecule has 3 aliphatic rings. The van der Waals surface area contributed by atoms with Crippen LogP contribution in [-0.2, 0) is 9.53 Å². The van der Waals surface area contributed by atoms with Crippen molar-refractivity contribution in [2.75, 3.05) is 0 Å². The molecular formula is C26H28O3. The minimum atomic E-state index is -1.10. The maximum atomic E-state index is 13.8. The van der Waals surface area contributed by atoms with Gasteiger partial charge in [0.25, 0.3) is 0 Å². The van der Waals surface area contributed by atoms with Gasteiger partial charge in [-0.1, -0.05) is 67.1 Å². The summed E-state index contributed by atoms with van der Waals surface area (Å²) in [5, 5.41) is 11.3. The Kier molecular flexibility index (Phi) is 4.68. The fraction of sp³-hybridized carbons (Fsp3) is 0.423. The van der Waals surface area contributed by atoms with Crippen molar-refractivity contribution >= 4 is 11.9 Å². The summed E-state index contributed by atoms with van der Waals surface area (Å²) in [6.07, 6.45) is 7.61. The van der Waals surface area contributed by atoms with Crippen molar-refractivity contribution in [3.8, 4) is 0 Å². The quantitative estimate of drug-likeness (QED) is 0.695. The van der Waals surface area contributed by atoms with Crippen molar-refractivity contribution in [2.45, 2.75) is 56.8 Å². The summed E-state index contributed by atoms with van der Waals surface area (Å²) in [5.41, 5.74) is 2.38. The van der Waals surface area contributed by atoms with E-state index in [0.29, 0.717) is 12.8 Å². The molecule has 1 N–H and O–H groups in total. The van der Waals surface area contributed by atoms with Gasteiger partial charge in [-0.2, -0.15) is 0 Å².